The Morgan fingerprint density at radius 2 is 2.27 bits per heavy atom. The fourth-order valence-corrected chi connectivity index (χ4v) is 2.41. The zero-order chi connectivity index (χ0) is 15.7. The van der Waals surface area contributed by atoms with Gasteiger partial charge in [-0.3, -0.25) is 14.7 Å². The molecule has 1 aliphatic heterocycles. The van der Waals surface area contributed by atoms with Gasteiger partial charge < -0.3 is 10.1 Å². The highest BCUT2D eigenvalue weighted by Crippen LogP contribution is 2.26. The summed E-state index contributed by atoms with van der Waals surface area (Å²) in [4.78, 5) is 23.2. The van der Waals surface area contributed by atoms with Gasteiger partial charge in [-0.05, 0) is 6.92 Å². The van der Waals surface area contributed by atoms with E-state index in [2.05, 4.69) is 27.2 Å². The van der Waals surface area contributed by atoms with Crippen molar-refractivity contribution in [2.45, 2.75) is 19.9 Å². The highest BCUT2D eigenvalue weighted by atomic mass is 16.6. The van der Waals surface area contributed by atoms with Crippen molar-refractivity contribution >= 4 is 11.6 Å². The van der Waals surface area contributed by atoms with Gasteiger partial charge in [0.15, 0.2) is 0 Å². The maximum absolute atomic E-state index is 11.3. The van der Waals surface area contributed by atoms with Crippen LogP contribution >= 0.6 is 0 Å². The number of ether oxygens (including phenoxy) is 1. The van der Waals surface area contributed by atoms with Crippen LogP contribution in [0.15, 0.2) is 18.7 Å². The maximum atomic E-state index is 11.3. The molecule has 0 radical (unpaired) electrons. The van der Waals surface area contributed by atoms with Crippen molar-refractivity contribution in [3.8, 4) is 5.82 Å². The van der Waals surface area contributed by atoms with E-state index in [0.29, 0.717) is 30.8 Å². The van der Waals surface area contributed by atoms with E-state index < -0.39 is 4.92 Å². The molecule has 3 rings (SSSR count). The molecule has 2 atom stereocenters. The molecule has 0 aliphatic carbocycles. The van der Waals surface area contributed by atoms with Gasteiger partial charge in [0.1, 0.15) is 12.0 Å². The van der Waals surface area contributed by atoms with Crippen molar-refractivity contribution < 1.29 is 9.66 Å². The van der Waals surface area contributed by atoms with Crippen LogP contribution in [0, 0.1) is 23.0 Å². The number of hydrogen-bond acceptors (Lipinski definition) is 7. The van der Waals surface area contributed by atoms with Crippen molar-refractivity contribution in [1.82, 2.24) is 19.5 Å². The van der Waals surface area contributed by atoms with E-state index in [-0.39, 0.29) is 17.5 Å². The van der Waals surface area contributed by atoms with Crippen LogP contribution in [0.3, 0.4) is 0 Å². The van der Waals surface area contributed by atoms with Crippen LogP contribution in [0.5, 0.6) is 0 Å². The minimum absolute atomic E-state index is 0.0940. The minimum atomic E-state index is -0.476. The summed E-state index contributed by atoms with van der Waals surface area (Å²) in [7, 11) is 0. The molecule has 0 unspecified atom stereocenters. The lowest BCUT2D eigenvalue weighted by Crippen LogP contribution is -2.27. The van der Waals surface area contributed by atoms with Gasteiger partial charge in [-0.25, -0.2) is 9.97 Å². The summed E-state index contributed by atoms with van der Waals surface area (Å²) in [6, 6.07) is 0.0940. The standard InChI is InChI=1S/C13H16N6O3/c1-8-5-22-6-10(8)16-13-15-9(2)11(19(20)21)12(17-13)18-4-3-14-7-18/h3-4,7-8,10H,5-6H2,1-2H3,(H,15,16,17)/t8-,10+/m1/s1. The number of rotatable bonds is 4. The molecule has 2 aromatic rings. The minimum Gasteiger partial charge on any atom is -0.379 e. The Balaban J connectivity index is 2.01. The van der Waals surface area contributed by atoms with Gasteiger partial charge in [-0.1, -0.05) is 6.92 Å². The predicted octanol–water partition coefficient (Wildman–Crippen LogP) is 1.33. The molecule has 2 aromatic heterocycles. The van der Waals surface area contributed by atoms with E-state index in [0.717, 1.165) is 0 Å². The van der Waals surface area contributed by atoms with Gasteiger partial charge in [-0.2, -0.15) is 4.98 Å². The molecular weight excluding hydrogens is 288 g/mol. The fourth-order valence-electron chi connectivity index (χ4n) is 2.41. The summed E-state index contributed by atoms with van der Waals surface area (Å²) in [6.07, 6.45) is 4.63. The second-order valence-electron chi connectivity index (χ2n) is 5.30. The Bertz CT molecular complexity index is 687. The lowest BCUT2D eigenvalue weighted by atomic mass is 10.1. The van der Waals surface area contributed by atoms with Crippen molar-refractivity contribution in [2.75, 3.05) is 18.5 Å². The maximum Gasteiger partial charge on any atom is 0.333 e. The molecule has 0 bridgehead atoms. The Morgan fingerprint density at radius 3 is 2.86 bits per heavy atom. The van der Waals surface area contributed by atoms with Gasteiger partial charge in [0, 0.05) is 18.3 Å². The van der Waals surface area contributed by atoms with Crippen molar-refractivity contribution in [1.29, 1.82) is 0 Å². The quantitative estimate of drug-likeness (QED) is 0.670. The molecule has 116 valence electrons. The van der Waals surface area contributed by atoms with Crippen LogP contribution in [0.4, 0.5) is 11.6 Å². The first-order valence-corrected chi connectivity index (χ1v) is 6.92. The van der Waals surface area contributed by atoms with Crippen molar-refractivity contribution in [2.24, 2.45) is 5.92 Å². The summed E-state index contributed by atoms with van der Waals surface area (Å²) in [5.74, 6) is 0.883. The van der Waals surface area contributed by atoms with Crippen LogP contribution in [0.25, 0.3) is 5.82 Å². The smallest absolute Gasteiger partial charge is 0.333 e. The Kier molecular flexibility index (Phi) is 3.72. The number of imidazole rings is 1. The highest BCUT2D eigenvalue weighted by Gasteiger charge is 2.27. The number of nitrogens with zero attached hydrogens (tertiary/aromatic N) is 5. The van der Waals surface area contributed by atoms with Gasteiger partial charge >= 0.3 is 5.69 Å². The van der Waals surface area contributed by atoms with Crippen molar-refractivity contribution in [3.05, 3.63) is 34.5 Å². The molecule has 22 heavy (non-hydrogen) atoms. The third kappa shape index (κ3) is 2.62. The summed E-state index contributed by atoms with van der Waals surface area (Å²) in [5, 5.41) is 14.5. The van der Waals surface area contributed by atoms with Crippen LogP contribution in [-0.4, -0.2) is 43.7 Å². The van der Waals surface area contributed by atoms with E-state index in [1.807, 2.05) is 0 Å². The second kappa shape index (κ2) is 5.68. The first kappa shape index (κ1) is 14.4. The number of hydrogen-bond donors (Lipinski definition) is 1. The average Bonchev–Trinajstić information content (AvgIpc) is 3.10. The third-order valence-corrected chi connectivity index (χ3v) is 3.65. The van der Waals surface area contributed by atoms with Gasteiger partial charge in [0.05, 0.1) is 24.2 Å². The number of aryl methyl sites for hydroxylation is 1. The Morgan fingerprint density at radius 1 is 1.45 bits per heavy atom. The summed E-state index contributed by atoms with van der Waals surface area (Å²) < 4.78 is 6.90. The largest absolute Gasteiger partial charge is 0.379 e. The molecule has 0 amide bonds. The zero-order valence-corrected chi connectivity index (χ0v) is 12.3. The van der Waals surface area contributed by atoms with Crippen molar-refractivity contribution in [3.63, 3.8) is 0 Å². The molecular formula is C13H16N6O3. The molecule has 1 fully saturated rings. The van der Waals surface area contributed by atoms with Crippen LogP contribution in [-0.2, 0) is 4.74 Å². The zero-order valence-electron chi connectivity index (χ0n) is 12.3. The van der Waals surface area contributed by atoms with E-state index in [4.69, 9.17) is 4.74 Å². The van der Waals surface area contributed by atoms with Crippen LogP contribution in [0.1, 0.15) is 12.6 Å². The molecule has 0 saturated carbocycles. The molecule has 9 nitrogen and oxygen atoms in total. The molecule has 0 aromatic carbocycles. The van der Waals surface area contributed by atoms with E-state index in [1.165, 1.54) is 10.9 Å². The van der Waals surface area contributed by atoms with Gasteiger partial charge in [-0.15, -0.1) is 0 Å². The lowest BCUT2D eigenvalue weighted by molar-refractivity contribution is -0.385. The van der Waals surface area contributed by atoms with Crippen LogP contribution in [0.2, 0.25) is 0 Å². The summed E-state index contributed by atoms with van der Waals surface area (Å²) in [6.45, 7) is 4.92. The number of anilines is 1. The first-order chi connectivity index (χ1) is 10.6. The predicted molar refractivity (Wildman–Crippen MR) is 77.9 cm³/mol. The summed E-state index contributed by atoms with van der Waals surface area (Å²) in [5.41, 5.74) is 0.178. The van der Waals surface area contributed by atoms with E-state index >= 15 is 0 Å². The first-order valence-electron chi connectivity index (χ1n) is 6.92. The fraction of sp³-hybridized carbons (Fsp3) is 0.462. The second-order valence-corrected chi connectivity index (χ2v) is 5.30. The molecule has 1 aliphatic rings. The lowest BCUT2D eigenvalue weighted by Gasteiger charge is -2.16. The number of nitrogens with one attached hydrogen (secondary N) is 1. The van der Waals surface area contributed by atoms with Gasteiger partial charge in [0.2, 0.25) is 11.8 Å². The van der Waals surface area contributed by atoms with E-state index in [1.54, 1.807) is 19.3 Å². The molecule has 0 spiro atoms. The molecule has 1 saturated heterocycles. The van der Waals surface area contributed by atoms with Gasteiger partial charge in [0.25, 0.3) is 0 Å². The highest BCUT2D eigenvalue weighted by molar-refractivity contribution is 5.53. The Hall–Kier alpha value is -2.55. The normalized spacial score (nSPS) is 21.0. The average molecular weight is 304 g/mol. The molecule has 1 N–H and O–H groups in total. The van der Waals surface area contributed by atoms with Crippen LogP contribution < -0.4 is 5.32 Å². The Labute approximate surface area is 126 Å². The SMILES string of the molecule is Cc1nc(N[C@H]2COC[C@H]2C)nc(-n2ccnc2)c1[N+](=O)[O-]. The topological polar surface area (TPSA) is 108 Å². The number of aromatic nitrogens is 4. The third-order valence-electron chi connectivity index (χ3n) is 3.65. The molecule has 9 heteroatoms. The monoisotopic (exact) mass is 304 g/mol. The molecule has 3 heterocycles. The number of nitro groups is 1. The summed E-state index contributed by atoms with van der Waals surface area (Å²) >= 11 is 0. The van der Waals surface area contributed by atoms with E-state index in [9.17, 15) is 10.1 Å².